The lowest BCUT2D eigenvalue weighted by molar-refractivity contribution is 0.421. The van der Waals surface area contributed by atoms with Gasteiger partial charge in [-0.3, -0.25) is 4.98 Å². The molecule has 1 unspecified atom stereocenters. The highest BCUT2D eigenvalue weighted by molar-refractivity contribution is 7.99. The second-order valence-corrected chi connectivity index (χ2v) is 5.69. The van der Waals surface area contributed by atoms with Crippen LogP contribution in [0.1, 0.15) is 31.4 Å². The van der Waals surface area contributed by atoms with Crippen LogP contribution in [-0.4, -0.2) is 23.0 Å². The Morgan fingerprint density at radius 1 is 1.38 bits per heavy atom. The zero-order chi connectivity index (χ0) is 11.2. The van der Waals surface area contributed by atoms with Crippen LogP contribution in [0, 0.1) is 5.92 Å². The van der Waals surface area contributed by atoms with Crippen LogP contribution in [-0.2, 0) is 0 Å². The summed E-state index contributed by atoms with van der Waals surface area (Å²) >= 11 is 2.09. The van der Waals surface area contributed by atoms with E-state index in [1.807, 2.05) is 12.4 Å². The van der Waals surface area contributed by atoms with Crippen molar-refractivity contribution in [1.82, 2.24) is 10.3 Å². The number of pyridine rings is 1. The largest absolute Gasteiger partial charge is 0.310 e. The average molecular weight is 236 g/mol. The van der Waals surface area contributed by atoms with Crippen LogP contribution < -0.4 is 5.32 Å². The first-order valence-electron chi connectivity index (χ1n) is 6.07. The molecular weight excluding hydrogens is 216 g/mol. The van der Waals surface area contributed by atoms with Gasteiger partial charge in [0.15, 0.2) is 0 Å². The number of hydrogen-bond acceptors (Lipinski definition) is 3. The van der Waals surface area contributed by atoms with Gasteiger partial charge in [0.25, 0.3) is 0 Å². The fraction of sp³-hybridized carbons (Fsp3) is 0.615. The Hall–Kier alpha value is -0.540. The highest BCUT2D eigenvalue weighted by atomic mass is 32.2. The quantitative estimate of drug-likeness (QED) is 0.870. The van der Waals surface area contributed by atoms with Crippen molar-refractivity contribution in [3.63, 3.8) is 0 Å². The summed E-state index contributed by atoms with van der Waals surface area (Å²) in [6, 6.07) is 4.63. The fourth-order valence-electron chi connectivity index (χ4n) is 2.06. The van der Waals surface area contributed by atoms with Crippen LogP contribution >= 0.6 is 11.8 Å². The van der Waals surface area contributed by atoms with Crippen molar-refractivity contribution in [2.24, 2.45) is 5.92 Å². The zero-order valence-electron chi connectivity index (χ0n) is 9.86. The van der Waals surface area contributed by atoms with Gasteiger partial charge in [-0.05, 0) is 61.4 Å². The Bertz CT molecular complexity index is 296. The second kappa shape index (κ2) is 6.26. The van der Waals surface area contributed by atoms with Crippen LogP contribution in [0.4, 0.5) is 0 Å². The Kier molecular flexibility index (Phi) is 4.67. The number of hydrogen-bond donors (Lipinski definition) is 1. The summed E-state index contributed by atoms with van der Waals surface area (Å²) in [6.07, 6.45) is 6.48. The van der Waals surface area contributed by atoms with E-state index in [2.05, 4.69) is 41.1 Å². The Balaban J connectivity index is 1.77. The van der Waals surface area contributed by atoms with E-state index in [9.17, 15) is 0 Å². The Morgan fingerprint density at radius 2 is 2.06 bits per heavy atom. The third-order valence-corrected chi connectivity index (χ3v) is 4.31. The predicted molar refractivity (Wildman–Crippen MR) is 70.7 cm³/mol. The summed E-state index contributed by atoms with van der Waals surface area (Å²) in [5.74, 6) is 3.57. The normalized spacial score (nSPS) is 19.6. The van der Waals surface area contributed by atoms with Crippen molar-refractivity contribution in [2.75, 3.05) is 18.1 Å². The molecule has 1 N–H and O–H groups in total. The van der Waals surface area contributed by atoms with Crippen LogP contribution in [0.2, 0.25) is 0 Å². The smallest absolute Gasteiger partial charge is 0.0293 e. The van der Waals surface area contributed by atoms with Gasteiger partial charge in [-0.1, -0.05) is 0 Å². The van der Waals surface area contributed by atoms with Crippen LogP contribution in [0.3, 0.4) is 0 Å². The topological polar surface area (TPSA) is 24.9 Å². The third-order valence-electron chi connectivity index (χ3n) is 3.26. The van der Waals surface area contributed by atoms with E-state index in [0.29, 0.717) is 6.04 Å². The molecule has 1 aromatic heterocycles. The summed E-state index contributed by atoms with van der Waals surface area (Å²) in [5, 5.41) is 3.63. The van der Waals surface area contributed by atoms with E-state index in [1.54, 1.807) is 0 Å². The van der Waals surface area contributed by atoms with E-state index in [1.165, 1.54) is 29.9 Å². The predicted octanol–water partition coefficient (Wildman–Crippen LogP) is 2.88. The Morgan fingerprint density at radius 3 is 2.75 bits per heavy atom. The molecule has 1 aromatic rings. The van der Waals surface area contributed by atoms with Gasteiger partial charge in [0, 0.05) is 18.4 Å². The number of nitrogens with one attached hydrogen (secondary N) is 1. The van der Waals surface area contributed by atoms with Gasteiger partial charge in [0.1, 0.15) is 0 Å². The minimum Gasteiger partial charge on any atom is -0.310 e. The lowest BCUT2D eigenvalue weighted by atomic mass is 10.0. The molecule has 1 fully saturated rings. The maximum Gasteiger partial charge on any atom is 0.0293 e. The summed E-state index contributed by atoms with van der Waals surface area (Å²) in [5.41, 5.74) is 1.33. The van der Waals surface area contributed by atoms with Crippen molar-refractivity contribution < 1.29 is 0 Å². The summed E-state index contributed by atoms with van der Waals surface area (Å²) in [4.78, 5) is 4.05. The molecule has 2 nitrogen and oxygen atoms in total. The minimum atomic E-state index is 0.442. The molecule has 0 aromatic carbocycles. The molecule has 0 saturated carbocycles. The molecule has 0 bridgehead atoms. The summed E-state index contributed by atoms with van der Waals surface area (Å²) in [7, 11) is 0. The van der Waals surface area contributed by atoms with Crippen LogP contribution in [0.25, 0.3) is 0 Å². The van der Waals surface area contributed by atoms with Gasteiger partial charge in [-0.25, -0.2) is 0 Å². The third kappa shape index (κ3) is 3.49. The monoisotopic (exact) mass is 236 g/mol. The van der Waals surface area contributed by atoms with E-state index in [0.717, 1.165) is 12.5 Å². The molecule has 16 heavy (non-hydrogen) atoms. The van der Waals surface area contributed by atoms with Gasteiger partial charge >= 0.3 is 0 Å². The number of nitrogens with zero attached hydrogens (tertiary/aromatic N) is 1. The molecule has 3 heteroatoms. The molecule has 1 atom stereocenters. The number of aromatic nitrogens is 1. The highest BCUT2D eigenvalue weighted by Gasteiger charge is 2.14. The lowest BCUT2D eigenvalue weighted by Crippen LogP contribution is -2.27. The minimum absolute atomic E-state index is 0.442. The van der Waals surface area contributed by atoms with Crippen molar-refractivity contribution in [2.45, 2.75) is 25.8 Å². The molecule has 1 aliphatic heterocycles. The van der Waals surface area contributed by atoms with E-state index in [4.69, 9.17) is 0 Å². The van der Waals surface area contributed by atoms with E-state index >= 15 is 0 Å². The van der Waals surface area contributed by atoms with Crippen molar-refractivity contribution in [3.05, 3.63) is 30.1 Å². The molecule has 0 spiro atoms. The Labute approximate surface area is 102 Å². The van der Waals surface area contributed by atoms with Crippen LogP contribution in [0.15, 0.2) is 24.5 Å². The van der Waals surface area contributed by atoms with Gasteiger partial charge in [-0.2, -0.15) is 11.8 Å². The fourth-order valence-corrected chi connectivity index (χ4v) is 3.27. The first-order chi connectivity index (χ1) is 7.86. The van der Waals surface area contributed by atoms with Crippen molar-refractivity contribution in [3.8, 4) is 0 Å². The average Bonchev–Trinajstić information content (AvgIpc) is 2.38. The molecule has 1 saturated heterocycles. The van der Waals surface area contributed by atoms with Crippen molar-refractivity contribution in [1.29, 1.82) is 0 Å². The molecule has 2 heterocycles. The molecule has 0 radical (unpaired) electrons. The first-order valence-corrected chi connectivity index (χ1v) is 7.23. The molecule has 88 valence electrons. The van der Waals surface area contributed by atoms with Crippen molar-refractivity contribution >= 4 is 11.8 Å². The number of rotatable bonds is 4. The van der Waals surface area contributed by atoms with E-state index in [-0.39, 0.29) is 0 Å². The summed E-state index contributed by atoms with van der Waals surface area (Å²) in [6.45, 7) is 3.39. The molecule has 2 rings (SSSR count). The standard InChI is InChI=1S/C13H20N2S/c1-11(13-2-6-14-7-3-13)15-10-12-4-8-16-9-5-12/h2-3,6-7,11-12,15H,4-5,8-10H2,1H3. The van der Waals surface area contributed by atoms with E-state index < -0.39 is 0 Å². The molecule has 1 aliphatic rings. The van der Waals surface area contributed by atoms with Gasteiger partial charge in [0.2, 0.25) is 0 Å². The number of thioether (sulfide) groups is 1. The molecular formula is C13H20N2S. The van der Waals surface area contributed by atoms with Gasteiger partial charge in [0.05, 0.1) is 0 Å². The maximum absolute atomic E-state index is 4.05. The first kappa shape index (κ1) is 11.9. The SMILES string of the molecule is CC(NCC1CCSCC1)c1ccncc1. The van der Waals surface area contributed by atoms with Crippen LogP contribution in [0.5, 0.6) is 0 Å². The zero-order valence-corrected chi connectivity index (χ0v) is 10.7. The molecule has 0 amide bonds. The summed E-state index contributed by atoms with van der Waals surface area (Å²) < 4.78 is 0. The molecule has 0 aliphatic carbocycles. The highest BCUT2D eigenvalue weighted by Crippen LogP contribution is 2.22. The lowest BCUT2D eigenvalue weighted by Gasteiger charge is -2.24. The van der Waals surface area contributed by atoms with Gasteiger partial charge < -0.3 is 5.32 Å². The van der Waals surface area contributed by atoms with Gasteiger partial charge in [-0.15, -0.1) is 0 Å². The second-order valence-electron chi connectivity index (χ2n) is 4.47. The maximum atomic E-state index is 4.05.